The summed E-state index contributed by atoms with van der Waals surface area (Å²) in [6.45, 7) is 5.01. The van der Waals surface area contributed by atoms with Gasteiger partial charge in [-0.2, -0.15) is 0 Å². The van der Waals surface area contributed by atoms with Crippen molar-refractivity contribution in [3.8, 4) is 11.4 Å². The molecule has 0 aliphatic carbocycles. The number of nitrogens with zero attached hydrogens (tertiary/aromatic N) is 2. The van der Waals surface area contributed by atoms with E-state index in [2.05, 4.69) is 163 Å². The Morgan fingerprint density at radius 2 is 1.26 bits per heavy atom. The third-order valence-corrected chi connectivity index (χ3v) is 11.1. The summed E-state index contributed by atoms with van der Waals surface area (Å²) in [4.78, 5) is 0. The molecule has 0 saturated heterocycles. The summed E-state index contributed by atoms with van der Waals surface area (Å²) >= 11 is 0. The van der Waals surface area contributed by atoms with E-state index in [4.69, 9.17) is 0 Å². The molecule has 9 aromatic rings. The van der Waals surface area contributed by atoms with Crippen molar-refractivity contribution in [2.45, 2.75) is 19.3 Å². The molecular weight excluding hydrogens is 555 g/mol. The standard InChI is InChI=1S/C43H29BN2/c1-43(2)32-18-11-21-38-41(32)44(34-19-10-17-30-29-16-8-9-20-36(29)46(38)42(30)34)35-24-31-39(25-33(35)43)45(27-13-4-3-5-14-27)37-23-22-26-12-6-7-15-28(26)40(31)37/h3-25H,1-2H3. The smallest absolute Gasteiger partial charge is 0.247 e. The Bertz CT molecular complexity index is 2780. The zero-order chi connectivity index (χ0) is 30.3. The molecule has 0 bridgehead atoms. The van der Waals surface area contributed by atoms with Crippen molar-refractivity contribution in [3.05, 3.63) is 151 Å². The van der Waals surface area contributed by atoms with Crippen LogP contribution >= 0.6 is 0 Å². The quantitative estimate of drug-likeness (QED) is 0.171. The molecule has 11 rings (SSSR count). The predicted molar refractivity (Wildman–Crippen MR) is 196 cm³/mol. The van der Waals surface area contributed by atoms with Gasteiger partial charge in [0, 0.05) is 43.9 Å². The third-order valence-electron chi connectivity index (χ3n) is 11.1. The van der Waals surface area contributed by atoms with Crippen LogP contribution < -0.4 is 16.4 Å². The van der Waals surface area contributed by atoms with Crippen molar-refractivity contribution < 1.29 is 0 Å². The molecule has 46 heavy (non-hydrogen) atoms. The molecular formula is C43H29BN2. The van der Waals surface area contributed by atoms with Crippen LogP contribution in [0.25, 0.3) is 65.8 Å². The van der Waals surface area contributed by atoms with Crippen LogP contribution in [0.2, 0.25) is 0 Å². The molecule has 0 spiro atoms. The van der Waals surface area contributed by atoms with Crippen LogP contribution in [-0.4, -0.2) is 15.8 Å². The molecule has 2 aliphatic heterocycles. The zero-order valence-electron chi connectivity index (χ0n) is 25.8. The minimum atomic E-state index is -0.181. The van der Waals surface area contributed by atoms with Gasteiger partial charge in [0.05, 0.1) is 16.6 Å². The van der Waals surface area contributed by atoms with Gasteiger partial charge in [-0.05, 0) is 69.2 Å². The number of hydrogen-bond donors (Lipinski definition) is 0. The number of rotatable bonds is 1. The van der Waals surface area contributed by atoms with Crippen LogP contribution in [0.15, 0.2) is 140 Å². The van der Waals surface area contributed by atoms with Crippen molar-refractivity contribution in [3.63, 3.8) is 0 Å². The summed E-state index contributed by atoms with van der Waals surface area (Å²) in [5, 5.41) is 7.90. The molecule has 0 unspecified atom stereocenters. The summed E-state index contributed by atoms with van der Waals surface area (Å²) in [5.74, 6) is 0. The van der Waals surface area contributed by atoms with Crippen LogP contribution in [0.1, 0.15) is 25.0 Å². The van der Waals surface area contributed by atoms with E-state index in [1.165, 1.54) is 93.3 Å². The summed E-state index contributed by atoms with van der Waals surface area (Å²) in [7, 11) is 0. The molecule has 2 aliphatic rings. The number of fused-ring (bicyclic) bond motifs is 12. The first-order valence-electron chi connectivity index (χ1n) is 16.3. The van der Waals surface area contributed by atoms with E-state index in [0.717, 1.165) is 0 Å². The first-order valence-corrected chi connectivity index (χ1v) is 16.3. The van der Waals surface area contributed by atoms with E-state index in [-0.39, 0.29) is 12.1 Å². The maximum Gasteiger partial charge on any atom is 0.247 e. The topological polar surface area (TPSA) is 9.86 Å². The maximum absolute atomic E-state index is 2.57. The summed E-state index contributed by atoms with van der Waals surface area (Å²) in [6, 6.07) is 52.3. The molecule has 7 aromatic carbocycles. The van der Waals surface area contributed by atoms with E-state index < -0.39 is 0 Å². The second-order valence-electron chi connectivity index (χ2n) is 13.7. The van der Waals surface area contributed by atoms with Gasteiger partial charge in [-0.15, -0.1) is 0 Å². The molecule has 0 amide bonds. The molecule has 0 atom stereocenters. The van der Waals surface area contributed by atoms with Crippen LogP contribution in [0.5, 0.6) is 0 Å². The molecule has 0 saturated carbocycles. The molecule has 2 aromatic heterocycles. The first-order chi connectivity index (χ1) is 22.6. The maximum atomic E-state index is 2.57. The SMILES string of the molecule is CC1(C)c2cc3c(cc2B2c4c(cccc41)-n1c4ccccc4c4cccc2c41)c1c2ccccc2ccc1n3-c1ccccc1. The minimum Gasteiger partial charge on any atom is -0.310 e. The van der Waals surface area contributed by atoms with E-state index in [1.54, 1.807) is 0 Å². The molecule has 0 N–H and O–H groups in total. The second-order valence-corrected chi connectivity index (χ2v) is 13.7. The van der Waals surface area contributed by atoms with Gasteiger partial charge >= 0.3 is 0 Å². The van der Waals surface area contributed by atoms with Gasteiger partial charge in [0.25, 0.3) is 0 Å². The van der Waals surface area contributed by atoms with Crippen molar-refractivity contribution in [2.75, 3.05) is 0 Å². The average Bonchev–Trinajstić information content (AvgIpc) is 3.61. The molecule has 4 heterocycles. The third kappa shape index (κ3) is 2.86. The highest BCUT2D eigenvalue weighted by atomic mass is 15.0. The number of hydrogen-bond acceptors (Lipinski definition) is 0. The zero-order valence-corrected chi connectivity index (χ0v) is 25.8. The van der Waals surface area contributed by atoms with E-state index >= 15 is 0 Å². The Balaban J connectivity index is 1.34. The van der Waals surface area contributed by atoms with Gasteiger partial charge in [-0.25, -0.2) is 0 Å². The number of aromatic nitrogens is 2. The summed E-state index contributed by atoms with van der Waals surface area (Å²) < 4.78 is 5.03. The Kier molecular flexibility index (Phi) is 4.51. The lowest BCUT2D eigenvalue weighted by atomic mass is 9.30. The molecule has 0 radical (unpaired) electrons. The van der Waals surface area contributed by atoms with Crippen LogP contribution in [0.4, 0.5) is 0 Å². The van der Waals surface area contributed by atoms with Gasteiger partial charge in [0.1, 0.15) is 0 Å². The van der Waals surface area contributed by atoms with E-state index in [0.29, 0.717) is 0 Å². The van der Waals surface area contributed by atoms with E-state index in [1.807, 2.05) is 0 Å². The number of benzene rings is 7. The monoisotopic (exact) mass is 584 g/mol. The fraction of sp³-hybridized carbons (Fsp3) is 0.0698. The largest absolute Gasteiger partial charge is 0.310 e. The van der Waals surface area contributed by atoms with Crippen molar-refractivity contribution >= 4 is 77.5 Å². The molecule has 2 nitrogen and oxygen atoms in total. The fourth-order valence-electron chi connectivity index (χ4n) is 9.23. The highest BCUT2D eigenvalue weighted by molar-refractivity contribution is 6.99. The van der Waals surface area contributed by atoms with Crippen LogP contribution in [0, 0.1) is 0 Å². The summed E-state index contributed by atoms with van der Waals surface area (Å²) in [5.41, 5.74) is 14.6. The predicted octanol–water partition coefficient (Wildman–Crippen LogP) is 8.50. The second kappa shape index (κ2) is 8.38. The van der Waals surface area contributed by atoms with Crippen LogP contribution in [0.3, 0.4) is 0 Å². The lowest BCUT2D eigenvalue weighted by Crippen LogP contribution is -2.63. The normalized spacial score (nSPS) is 14.4. The Morgan fingerprint density at radius 3 is 2.15 bits per heavy atom. The van der Waals surface area contributed by atoms with Gasteiger partial charge in [0.15, 0.2) is 0 Å². The van der Waals surface area contributed by atoms with Crippen LogP contribution in [-0.2, 0) is 5.41 Å². The molecule has 0 fully saturated rings. The highest BCUT2D eigenvalue weighted by Crippen LogP contribution is 2.43. The van der Waals surface area contributed by atoms with Gasteiger partial charge in [-0.1, -0.05) is 122 Å². The number of para-hydroxylation sites is 3. The van der Waals surface area contributed by atoms with Gasteiger partial charge in [-0.3, -0.25) is 0 Å². The Labute approximate surface area is 267 Å². The summed E-state index contributed by atoms with van der Waals surface area (Å²) in [6.07, 6.45) is 0. The van der Waals surface area contributed by atoms with Gasteiger partial charge < -0.3 is 9.13 Å². The lowest BCUT2D eigenvalue weighted by molar-refractivity contribution is 0.646. The molecule has 3 heteroatoms. The van der Waals surface area contributed by atoms with Crippen molar-refractivity contribution in [1.82, 2.24) is 9.13 Å². The van der Waals surface area contributed by atoms with Gasteiger partial charge in [0.2, 0.25) is 6.71 Å². The van der Waals surface area contributed by atoms with Crippen molar-refractivity contribution in [1.29, 1.82) is 0 Å². The Morgan fingerprint density at radius 1 is 0.500 bits per heavy atom. The van der Waals surface area contributed by atoms with E-state index in [9.17, 15) is 0 Å². The first kappa shape index (κ1) is 24.7. The highest BCUT2D eigenvalue weighted by Gasteiger charge is 2.45. The average molecular weight is 585 g/mol. The Hall–Kier alpha value is -5.54. The minimum absolute atomic E-state index is 0.157. The fourth-order valence-corrected chi connectivity index (χ4v) is 9.23. The molecule has 214 valence electrons. The lowest BCUT2D eigenvalue weighted by Gasteiger charge is -2.42. The van der Waals surface area contributed by atoms with Crippen molar-refractivity contribution in [2.24, 2.45) is 0 Å².